The maximum absolute atomic E-state index is 6.35. The standard InChI is InChI=1S/C16H18N4S/c1-12-19-14(10-21-12)9-20-11-18-8-16(20)15(17)7-13-5-3-2-4-6-13/h2-6,8,10-11,15H,7,9,17H2,1H3/t15-/m1/s1. The first kappa shape index (κ1) is 14.0. The Kier molecular flexibility index (Phi) is 4.13. The third-order valence-corrected chi connectivity index (χ3v) is 4.24. The second-order valence-corrected chi connectivity index (χ2v) is 6.16. The number of aryl methyl sites for hydroxylation is 1. The monoisotopic (exact) mass is 298 g/mol. The van der Waals surface area contributed by atoms with Gasteiger partial charge in [0, 0.05) is 11.6 Å². The van der Waals surface area contributed by atoms with Crippen LogP contribution >= 0.6 is 11.3 Å². The van der Waals surface area contributed by atoms with Crippen molar-refractivity contribution in [1.82, 2.24) is 14.5 Å². The highest BCUT2D eigenvalue weighted by Gasteiger charge is 2.13. The minimum Gasteiger partial charge on any atom is -0.327 e. The first-order valence-corrected chi connectivity index (χ1v) is 7.81. The molecule has 0 bridgehead atoms. The first-order chi connectivity index (χ1) is 10.2. The van der Waals surface area contributed by atoms with E-state index in [4.69, 9.17) is 5.73 Å². The van der Waals surface area contributed by atoms with Crippen molar-refractivity contribution in [3.05, 3.63) is 70.2 Å². The van der Waals surface area contributed by atoms with Gasteiger partial charge in [0.15, 0.2) is 0 Å². The fraction of sp³-hybridized carbons (Fsp3) is 0.250. The van der Waals surface area contributed by atoms with Gasteiger partial charge in [-0.25, -0.2) is 9.97 Å². The number of aromatic nitrogens is 3. The molecule has 21 heavy (non-hydrogen) atoms. The van der Waals surface area contributed by atoms with Crippen LogP contribution in [0, 0.1) is 6.92 Å². The minimum absolute atomic E-state index is 0.0605. The molecule has 0 aliphatic heterocycles. The Hall–Kier alpha value is -1.98. The number of nitrogens with two attached hydrogens (primary N) is 1. The zero-order chi connectivity index (χ0) is 14.7. The lowest BCUT2D eigenvalue weighted by Gasteiger charge is -2.14. The Morgan fingerprint density at radius 2 is 2.10 bits per heavy atom. The molecule has 1 atom stereocenters. The lowest BCUT2D eigenvalue weighted by atomic mass is 10.0. The molecule has 0 aliphatic carbocycles. The summed E-state index contributed by atoms with van der Waals surface area (Å²) in [5.41, 5.74) is 9.70. The number of benzene rings is 1. The highest BCUT2D eigenvalue weighted by molar-refractivity contribution is 7.09. The van der Waals surface area contributed by atoms with Gasteiger partial charge in [-0.05, 0) is 18.9 Å². The fourth-order valence-electron chi connectivity index (χ4n) is 2.40. The summed E-state index contributed by atoms with van der Waals surface area (Å²) in [7, 11) is 0. The van der Waals surface area contributed by atoms with Crippen molar-refractivity contribution in [1.29, 1.82) is 0 Å². The van der Waals surface area contributed by atoms with E-state index in [2.05, 4.69) is 32.0 Å². The van der Waals surface area contributed by atoms with Crippen LogP contribution in [0.15, 0.2) is 48.2 Å². The molecular weight excluding hydrogens is 280 g/mol. The van der Waals surface area contributed by atoms with Crippen LogP contribution in [0.25, 0.3) is 0 Å². The maximum atomic E-state index is 6.35. The van der Waals surface area contributed by atoms with E-state index in [9.17, 15) is 0 Å². The number of rotatable bonds is 5. The maximum Gasteiger partial charge on any atom is 0.0952 e. The van der Waals surface area contributed by atoms with E-state index in [1.165, 1.54) is 5.56 Å². The smallest absolute Gasteiger partial charge is 0.0952 e. The van der Waals surface area contributed by atoms with Crippen LogP contribution in [0.4, 0.5) is 0 Å². The molecule has 0 fully saturated rings. The Labute approximate surface area is 128 Å². The molecule has 0 radical (unpaired) electrons. The molecule has 0 spiro atoms. The summed E-state index contributed by atoms with van der Waals surface area (Å²) in [4.78, 5) is 8.75. The molecule has 4 nitrogen and oxygen atoms in total. The van der Waals surface area contributed by atoms with Gasteiger partial charge < -0.3 is 10.3 Å². The average molecular weight is 298 g/mol. The minimum atomic E-state index is -0.0605. The van der Waals surface area contributed by atoms with Gasteiger partial charge in [0.25, 0.3) is 0 Å². The van der Waals surface area contributed by atoms with Gasteiger partial charge in [-0.3, -0.25) is 0 Å². The van der Waals surface area contributed by atoms with Gasteiger partial charge in [-0.15, -0.1) is 11.3 Å². The number of nitrogens with zero attached hydrogens (tertiary/aromatic N) is 3. The van der Waals surface area contributed by atoms with Crippen molar-refractivity contribution in [2.75, 3.05) is 0 Å². The summed E-state index contributed by atoms with van der Waals surface area (Å²) in [6.07, 6.45) is 4.49. The summed E-state index contributed by atoms with van der Waals surface area (Å²) >= 11 is 1.67. The molecule has 1 aromatic carbocycles. The number of hydrogen-bond acceptors (Lipinski definition) is 4. The summed E-state index contributed by atoms with van der Waals surface area (Å²) in [6, 6.07) is 10.2. The van der Waals surface area contributed by atoms with E-state index in [0.717, 1.165) is 29.4 Å². The molecule has 3 aromatic rings. The SMILES string of the molecule is Cc1nc(Cn2cncc2[C@H](N)Cc2ccccc2)cs1. The van der Waals surface area contributed by atoms with Crippen molar-refractivity contribution in [2.24, 2.45) is 5.73 Å². The van der Waals surface area contributed by atoms with Crippen LogP contribution in [-0.4, -0.2) is 14.5 Å². The lowest BCUT2D eigenvalue weighted by molar-refractivity contribution is 0.627. The van der Waals surface area contributed by atoms with Gasteiger partial charge in [0.1, 0.15) is 0 Å². The first-order valence-electron chi connectivity index (χ1n) is 6.93. The normalized spacial score (nSPS) is 12.5. The zero-order valence-corrected chi connectivity index (χ0v) is 12.8. The van der Waals surface area contributed by atoms with Crippen molar-refractivity contribution >= 4 is 11.3 Å². The molecule has 5 heteroatoms. The summed E-state index contributed by atoms with van der Waals surface area (Å²) < 4.78 is 2.09. The molecule has 0 saturated heterocycles. The van der Waals surface area contributed by atoms with E-state index < -0.39 is 0 Å². The number of hydrogen-bond donors (Lipinski definition) is 1. The highest BCUT2D eigenvalue weighted by Crippen LogP contribution is 2.17. The Morgan fingerprint density at radius 3 is 2.81 bits per heavy atom. The second-order valence-electron chi connectivity index (χ2n) is 5.10. The van der Waals surface area contributed by atoms with E-state index in [0.29, 0.717) is 0 Å². The Bertz CT molecular complexity index is 702. The summed E-state index contributed by atoms with van der Waals surface area (Å²) in [6.45, 7) is 2.74. The molecule has 2 N–H and O–H groups in total. The molecule has 2 heterocycles. The molecule has 0 saturated carbocycles. The van der Waals surface area contributed by atoms with Crippen molar-refractivity contribution in [3.63, 3.8) is 0 Å². The van der Waals surface area contributed by atoms with Crippen LogP contribution in [0.2, 0.25) is 0 Å². The summed E-state index contributed by atoms with van der Waals surface area (Å²) in [5.74, 6) is 0. The quantitative estimate of drug-likeness (QED) is 0.788. The molecule has 0 amide bonds. The van der Waals surface area contributed by atoms with E-state index in [1.54, 1.807) is 11.3 Å². The van der Waals surface area contributed by atoms with Gasteiger partial charge in [0.05, 0.1) is 35.3 Å². The molecule has 3 rings (SSSR count). The Balaban J connectivity index is 1.75. The van der Waals surface area contributed by atoms with Gasteiger partial charge in [0.2, 0.25) is 0 Å². The van der Waals surface area contributed by atoms with Crippen LogP contribution in [-0.2, 0) is 13.0 Å². The van der Waals surface area contributed by atoms with E-state index in [-0.39, 0.29) is 6.04 Å². The third-order valence-electron chi connectivity index (χ3n) is 3.42. The topological polar surface area (TPSA) is 56.7 Å². The van der Waals surface area contributed by atoms with Gasteiger partial charge in [-0.2, -0.15) is 0 Å². The number of thiazole rings is 1. The zero-order valence-electron chi connectivity index (χ0n) is 11.9. The fourth-order valence-corrected chi connectivity index (χ4v) is 3.00. The van der Waals surface area contributed by atoms with E-state index >= 15 is 0 Å². The molecule has 108 valence electrons. The van der Waals surface area contributed by atoms with Crippen LogP contribution in [0.3, 0.4) is 0 Å². The molecule has 0 unspecified atom stereocenters. The highest BCUT2D eigenvalue weighted by atomic mass is 32.1. The van der Waals surface area contributed by atoms with Crippen molar-refractivity contribution in [2.45, 2.75) is 25.9 Å². The predicted octanol–water partition coefficient (Wildman–Crippen LogP) is 2.94. The Morgan fingerprint density at radius 1 is 1.29 bits per heavy atom. The van der Waals surface area contributed by atoms with Crippen LogP contribution in [0.5, 0.6) is 0 Å². The third kappa shape index (κ3) is 3.37. The van der Waals surface area contributed by atoms with Crippen LogP contribution < -0.4 is 5.73 Å². The lowest BCUT2D eigenvalue weighted by Crippen LogP contribution is -2.18. The molecule has 0 aliphatic rings. The average Bonchev–Trinajstić information content (AvgIpc) is 3.10. The van der Waals surface area contributed by atoms with Crippen molar-refractivity contribution < 1.29 is 0 Å². The van der Waals surface area contributed by atoms with E-state index in [1.807, 2.05) is 37.6 Å². The van der Waals surface area contributed by atoms with Gasteiger partial charge >= 0.3 is 0 Å². The summed E-state index contributed by atoms with van der Waals surface area (Å²) in [5, 5.41) is 3.17. The van der Waals surface area contributed by atoms with Gasteiger partial charge in [-0.1, -0.05) is 30.3 Å². The van der Waals surface area contributed by atoms with Crippen molar-refractivity contribution in [3.8, 4) is 0 Å². The molecular formula is C16H18N4S. The van der Waals surface area contributed by atoms with Crippen LogP contribution in [0.1, 0.15) is 28.0 Å². The largest absolute Gasteiger partial charge is 0.327 e. The molecule has 2 aromatic heterocycles. The number of imidazole rings is 1. The second kappa shape index (κ2) is 6.20. The predicted molar refractivity (Wildman–Crippen MR) is 85.3 cm³/mol.